The number of ether oxygens (including phenoxy) is 2. The highest BCUT2D eigenvalue weighted by Crippen LogP contribution is 2.50. The normalized spacial score (nSPS) is 29.8. The molecule has 0 bridgehead atoms. The molecule has 1 spiro atoms. The summed E-state index contributed by atoms with van der Waals surface area (Å²) in [6.45, 7) is 3.99. The standard InChI is InChI=1S/C34H40F6N2O3/c1-44-32(25-20-26(33(35,36)37)22-27(21-25)34(38,39)40)10-5-16-42(29(32)43)31(24-6-3-2-4-7-24)11-8-28(9-12-31)41-17-13-30(14-18-41)15-19-45-23-30/h2-4,6-7,20-22,28H,5,8-19,23H2,1H3. The van der Waals surface area contributed by atoms with Gasteiger partial charge in [0.25, 0.3) is 5.91 Å². The van der Waals surface area contributed by atoms with Gasteiger partial charge in [-0.2, -0.15) is 26.3 Å². The van der Waals surface area contributed by atoms with Crippen molar-refractivity contribution in [3.8, 4) is 0 Å². The Bertz CT molecular complexity index is 1320. The first-order valence-electron chi connectivity index (χ1n) is 15.9. The third-order valence-electron chi connectivity index (χ3n) is 11.1. The Morgan fingerprint density at radius 1 is 0.800 bits per heavy atom. The summed E-state index contributed by atoms with van der Waals surface area (Å²) >= 11 is 0. The first-order valence-corrected chi connectivity index (χ1v) is 15.9. The van der Waals surface area contributed by atoms with Crippen LogP contribution >= 0.6 is 0 Å². The number of nitrogens with zero attached hydrogens (tertiary/aromatic N) is 2. The minimum Gasteiger partial charge on any atom is -0.381 e. The molecule has 3 aliphatic heterocycles. The third-order valence-corrected chi connectivity index (χ3v) is 11.1. The molecule has 6 rings (SSSR count). The van der Waals surface area contributed by atoms with Gasteiger partial charge in [-0.1, -0.05) is 30.3 Å². The number of amides is 1. The van der Waals surface area contributed by atoms with Crippen molar-refractivity contribution in [1.82, 2.24) is 9.80 Å². The largest absolute Gasteiger partial charge is 0.416 e. The molecule has 1 amide bonds. The van der Waals surface area contributed by atoms with Gasteiger partial charge in [-0.05, 0) is 106 Å². The molecule has 2 aromatic rings. The smallest absolute Gasteiger partial charge is 0.381 e. The highest BCUT2D eigenvalue weighted by Gasteiger charge is 2.55. The van der Waals surface area contributed by atoms with Gasteiger partial charge in [0.1, 0.15) is 0 Å². The summed E-state index contributed by atoms with van der Waals surface area (Å²) in [6.07, 6.45) is -3.50. The van der Waals surface area contributed by atoms with E-state index in [1.54, 1.807) is 4.90 Å². The molecule has 4 aliphatic rings. The molecule has 1 unspecified atom stereocenters. The summed E-state index contributed by atoms with van der Waals surface area (Å²) in [6, 6.07) is 11.3. The van der Waals surface area contributed by atoms with Gasteiger partial charge in [-0.15, -0.1) is 0 Å². The van der Waals surface area contributed by atoms with E-state index in [2.05, 4.69) is 4.90 Å². The number of hydrogen-bond donors (Lipinski definition) is 0. The second kappa shape index (κ2) is 11.9. The molecule has 2 aromatic carbocycles. The Hall–Kier alpha value is -2.63. The molecule has 3 heterocycles. The zero-order chi connectivity index (χ0) is 32.1. The average Bonchev–Trinajstić information content (AvgIpc) is 3.49. The summed E-state index contributed by atoms with van der Waals surface area (Å²) in [5, 5.41) is 0. The average molecular weight is 639 g/mol. The quantitative estimate of drug-likeness (QED) is 0.318. The van der Waals surface area contributed by atoms with Crippen molar-refractivity contribution in [2.45, 2.75) is 87.3 Å². The van der Waals surface area contributed by atoms with Crippen LogP contribution in [0.15, 0.2) is 48.5 Å². The number of piperidine rings is 2. The van der Waals surface area contributed by atoms with Crippen LogP contribution in [0.5, 0.6) is 0 Å². The van der Waals surface area contributed by atoms with E-state index in [0.717, 1.165) is 64.0 Å². The first-order chi connectivity index (χ1) is 21.3. The van der Waals surface area contributed by atoms with Gasteiger partial charge < -0.3 is 19.3 Å². The van der Waals surface area contributed by atoms with Crippen molar-refractivity contribution in [2.24, 2.45) is 5.41 Å². The zero-order valence-corrected chi connectivity index (χ0v) is 25.5. The SMILES string of the molecule is COC1(c2cc(C(F)(F)F)cc(C(F)(F)F)c2)CCCN(C2(c3ccccc3)CCC(N3CCC4(CCOC4)CC3)CC2)C1=O. The second-order valence-electron chi connectivity index (χ2n) is 13.4. The predicted molar refractivity (Wildman–Crippen MR) is 155 cm³/mol. The lowest BCUT2D eigenvalue weighted by molar-refractivity contribution is -0.175. The molecule has 1 aliphatic carbocycles. The molecule has 0 aromatic heterocycles. The molecule has 246 valence electrons. The lowest BCUT2D eigenvalue weighted by Crippen LogP contribution is -2.61. The molecular weight excluding hydrogens is 598 g/mol. The molecule has 11 heteroatoms. The lowest BCUT2D eigenvalue weighted by Gasteiger charge is -2.54. The lowest BCUT2D eigenvalue weighted by atomic mass is 9.70. The van der Waals surface area contributed by atoms with E-state index in [1.807, 2.05) is 30.3 Å². The molecule has 5 nitrogen and oxygen atoms in total. The summed E-state index contributed by atoms with van der Waals surface area (Å²) < 4.78 is 94.5. The van der Waals surface area contributed by atoms with Gasteiger partial charge >= 0.3 is 12.4 Å². The fraction of sp³-hybridized carbons (Fsp3) is 0.618. The van der Waals surface area contributed by atoms with Crippen LogP contribution in [-0.2, 0) is 37.8 Å². The fourth-order valence-corrected chi connectivity index (χ4v) is 8.40. The topological polar surface area (TPSA) is 42.0 Å². The minimum absolute atomic E-state index is 0.0236. The molecule has 45 heavy (non-hydrogen) atoms. The minimum atomic E-state index is -5.04. The number of benzene rings is 2. The van der Waals surface area contributed by atoms with Crippen molar-refractivity contribution in [1.29, 1.82) is 0 Å². The van der Waals surface area contributed by atoms with Crippen LogP contribution in [0.1, 0.15) is 80.0 Å². The van der Waals surface area contributed by atoms with Crippen molar-refractivity contribution in [3.05, 3.63) is 70.8 Å². The maximum absolute atomic E-state index is 14.6. The molecule has 3 saturated heterocycles. The van der Waals surface area contributed by atoms with Crippen LogP contribution in [0.2, 0.25) is 0 Å². The van der Waals surface area contributed by atoms with Gasteiger partial charge in [-0.3, -0.25) is 4.79 Å². The van der Waals surface area contributed by atoms with E-state index in [4.69, 9.17) is 9.47 Å². The monoisotopic (exact) mass is 638 g/mol. The van der Waals surface area contributed by atoms with Crippen molar-refractivity contribution >= 4 is 5.91 Å². The van der Waals surface area contributed by atoms with Crippen LogP contribution in [0.25, 0.3) is 0 Å². The number of hydrogen-bond acceptors (Lipinski definition) is 4. The number of likely N-dealkylation sites (tertiary alicyclic amines) is 2. The molecule has 0 radical (unpaired) electrons. The maximum atomic E-state index is 14.6. The highest BCUT2D eigenvalue weighted by atomic mass is 19.4. The van der Waals surface area contributed by atoms with E-state index in [1.165, 1.54) is 7.11 Å². The summed E-state index contributed by atoms with van der Waals surface area (Å²) in [7, 11) is 1.19. The second-order valence-corrected chi connectivity index (χ2v) is 13.4. The summed E-state index contributed by atoms with van der Waals surface area (Å²) in [5.41, 5.74) is -4.87. The van der Waals surface area contributed by atoms with Gasteiger partial charge in [0.2, 0.25) is 0 Å². The van der Waals surface area contributed by atoms with Gasteiger partial charge in [0, 0.05) is 26.3 Å². The molecule has 0 N–H and O–H groups in total. The van der Waals surface area contributed by atoms with Crippen LogP contribution in [0.4, 0.5) is 26.3 Å². The van der Waals surface area contributed by atoms with Crippen LogP contribution in [-0.4, -0.2) is 61.7 Å². The molecule has 1 saturated carbocycles. The van der Waals surface area contributed by atoms with Gasteiger partial charge in [0.05, 0.1) is 23.3 Å². The first kappa shape index (κ1) is 32.3. The van der Waals surface area contributed by atoms with Crippen molar-refractivity contribution < 1.29 is 40.6 Å². The van der Waals surface area contributed by atoms with E-state index >= 15 is 0 Å². The van der Waals surface area contributed by atoms with E-state index < -0.39 is 46.1 Å². The summed E-state index contributed by atoms with van der Waals surface area (Å²) in [5.74, 6) is -0.591. The number of carbonyl (C=O) groups excluding carboxylic acids is 1. The Labute approximate surface area is 259 Å². The number of methoxy groups -OCH3 is 1. The Morgan fingerprint density at radius 3 is 1.96 bits per heavy atom. The zero-order valence-electron chi connectivity index (χ0n) is 25.5. The predicted octanol–water partition coefficient (Wildman–Crippen LogP) is 7.53. The van der Waals surface area contributed by atoms with Gasteiger partial charge in [-0.25, -0.2) is 0 Å². The number of rotatable bonds is 5. The fourth-order valence-electron chi connectivity index (χ4n) is 8.40. The number of halogens is 6. The van der Waals surface area contributed by atoms with Crippen LogP contribution in [0.3, 0.4) is 0 Å². The van der Waals surface area contributed by atoms with E-state index in [9.17, 15) is 31.1 Å². The summed E-state index contributed by atoms with van der Waals surface area (Å²) in [4.78, 5) is 18.9. The Kier molecular flexibility index (Phi) is 8.52. The molecule has 1 atom stereocenters. The Morgan fingerprint density at radius 2 is 1.42 bits per heavy atom. The number of carbonyl (C=O) groups is 1. The Balaban J connectivity index is 1.32. The van der Waals surface area contributed by atoms with E-state index in [-0.39, 0.29) is 17.9 Å². The molecular formula is C34H40F6N2O3. The van der Waals surface area contributed by atoms with E-state index in [0.29, 0.717) is 44.0 Å². The highest BCUT2D eigenvalue weighted by molar-refractivity contribution is 5.88. The third kappa shape index (κ3) is 5.89. The number of alkyl halides is 6. The molecule has 4 fully saturated rings. The van der Waals surface area contributed by atoms with Crippen LogP contribution in [0, 0.1) is 5.41 Å². The van der Waals surface area contributed by atoms with Crippen molar-refractivity contribution in [3.63, 3.8) is 0 Å². The maximum Gasteiger partial charge on any atom is 0.416 e. The van der Waals surface area contributed by atoms with Crippen LogP contribution < -0.4 is 0 Å². The van der Waals surface area contributed by atoms with Gasteiger partial charge in [0.15, 0.2) is 5.60 Å². The van der Waals surface area contributed by atoms with Crippen molar-refractivity contribution in [2.75, 3.05) is 40.0 Å².